The molecule has 6 aromatic carbocycles. The summed E-state index contributed by atoms with van der Waals surface area (Å²) in [4.78, 5) is 12.9. The highest BCUT2D eigenvalue weighted by Crippen LogP contribution is 2.51. The molecule has 0 amide bonds. The van der Waals surface area contributed by atoms with E-state index in [2.05, 4.69) is 167 Å². The summed E-state index contributed by atoms with van der Waals surface area (Å²) in [5, 5.41) is 6.54. The molecule has 9 rings (SSSR count). The highest BCUT2D eigenvalue weighted by Gasteiger charge is 2.50. The van der Waals surface area contributed by atoms with Gasteiger partial charge in [-0.15, -0.1) is 5.23 Å². The zero-order valence-electron chi connectivity index (χ0n) is 27.8. The molecule has 47 heavy (non-hydrogen) atoms. The fraction of sp³-hybridized carbons (Fsp3) is 0.209. The number of para-hydroxylation sites is 1. The van der Waals surface area contributed by atoms with Gasteiger partial charge in [0.15, 0.2) is 0 Å². The number of aromatic nitrogens is 1. The van der Waals surface area contributed by atoms with Crippen LogP contribution >= 0.6 is 0 Å². The van der Waals surface area contributed by atoms with Crippen molar-refractivity contribution in [2.24, 2.45) is 0 Å². The molecule has 2 heterocycles. The molecular formula is C43H38N2O2. The summed E-state index contributed by atoms with van der Waals surface area (Å²) in [6.45, 7) is 13.0. The molecule has 232 valence electrons. The number of nitrogens with zero attached hydrogens (tertiary/aromatic N) is 2. The van der Waals surface area contributed by atoms with Gasteiger partial charge in [0.2, 0.25) is 0 Å². The quantitative estimate of drug-likeness (QED) is 0.198. The van der Waals surface area contributed by atoms with E-state index in [1.54, 1.807) is 5.23 Å². The molecule has 1 saturated heterocycles. The number of rotatable bonds is 3. The predicted octanol–water partition coefficient (Wildman–Crippen LogP) is 11.2. The summed E-state index contributed by atoms with van der Waals surface area (Å²) >= 11 is 0. The van der Waals surface area contributed by atoms with E-state index in [1.807, 2.05) is 0 Å². The van der Waals surface area contributed by atoms with E-state index in [1.165, 1.54) is 54.8 Å². The van der Waals surface area contributed by atoms with Crippen molar-refractivity contribution in [1.82, 2.24) is 4.57 Å². The molecule has 2 aliphatic rings. The third-order valence-electron chi connectivity index (χ3n) is 10.9. The second-order valence-corrected chi connectivity index (χ2v) is 14.7. The van der Waals surface area contributed by atoms with Crippen molar-refractivity contribution >= 4 is 38.3 Å². The van der Waals surface area contributed by atoms with E-state index < -0.39 is 11.2 Å². The minimum Gasteiger partial charge on any atom is -0.309 e. The lowest BCUT2D eigenvalue weighted by Gasteiger charge is -2.26. The van der Waals surface area contributed by atoms with E-state index in [9.17, 15) is 0 Å². The highest BCUT2D eigenvalue weighted by molar-refractivity contribution is 6.12. The van der Waals surface area contributed by atoms with E-state index in [0.29, 0.717) is 0 Å². The maximum atomic E-state index is 6.43. The van der Waals surface area contributed by atoms with Crippen LogP contribution < -0.4 is 5.23 Å². The lowest BCUT2D eigenvalue weighted by atomic mass is 9.82. The van der Waals surface area contributed by atoms with Crippen molar-refractivity contribution < 1.29 is 9.68 Å². The minimum atomic E-state index is -0.502. The Morgan fingerprint density at radius 2 is 1.19 bits per heavy atom. The third-order valence-corrected chi connectivity index (χ3v) is 10.9. The van der Waals surface area contributed by atoms with Crippen LogP contribution in [0.2, 0.25) is 0 Å². The summed E-state index contributed by atoms with van der Waals surface area (Å²) in [5.74, 6) is 0. The summed E-state index contributed by atoms with van der Waals surface area (Å²) in [7, 11) is 0. The normalized spacial score (nSPS) is 17.4. The molecule has 0 spiro atoms. The standard InChI is InChI=1S/C43H38N2O2/c1-41(2)36-17-11-9-15-32(36)34-25-35-33-16-10-12-18-38(33)44(40(35)26-37(34)41)39-24-30(45-46-42(3,4)43(5,6)47-45)21-22-31(39)29-20-19-27-13-7-8-14-28(27)23-29/h7-26H,1-6H3. The monoisotopic (exact) mass is 614 g/mol. The van der Waals surface area contributed by atoms with E-state index in [4.69, 9.17) is 9.68 Å². The van der Waals surface area contributed by atoms with Gasteiger partial charge in [-0.2, -0.15) is 0 Å². The predicted molar refractivity (Wildman–Crippen MR) is 194 cm³/mol. The first-order valence-electron chi connectivity index (χ1n) is 16.5. The summed E-state index contributed by atoms with van der Waals surface area (Å²) in [5.41, 5.74) is 10.9. The molecule has 0 atom stereocenters. The van der Waals surface area contributed by atoms with Gasteiger partial charge in [0.1, 0.15) is 11.2 Å². The first kappa shape index (κ1) is 28.3. The van der Waals surface area contributed by atoms with Crippen LogP contribution in [0.3, 0.4) is 0 Å². The molecule has 7 aromatic rings. The molecule has 0 saturated carbocycles. The first-order chi connectivity index (χ1) is 22.5. The topological polar surface area (TPSA) is 26.6 Å². The Bertz CT molecular complexity index is 2400. The zero-order valence-corrected chi connectivity index (χ0v) is 27.8. The summed E-state index contributed by atoms with van der Waals surface area (Å²) in [6, 6.07) is 44.4. The second-order valence-electron chi connectivity index (χ2n) is 14.7. The average molecular weight is 615 g/mol. The van der Waals surface area contributed by atoms with Crippen LogP contribution in [-0.4, -0.2) is 15.8 Å². The van der Waals surface area contributed by atoms with Gasteiger partial charge in [-0.1, -0.05) is 98.8 Å². The average Bonchev–Trinajstić information content (AvgIpc) is 3.60. The zero-order chi connectivity index (χ0) is 32.3. The van der Waals surface area contributed by atoms with Gasteiger partial charge in [0, 0.05) is 21.8 Å². The molecule has 4 heteroatoms. The van der Waals surface area contributed by atoms with Crippen LogP contribution in [0.15, 0.2) is 121 Å². The number of benzene rings is 6. The number of anilines is 1. The lowest BCUT2D eigenvalue weighted by molar-refractivity contribution is -0.0273. The largest absolute Gasteiger partial charge is 0.309 e. The Kier molecular flexibility index (Phi) is 5.77. The van der Waals surface area contributed by atoms with Crippen LogP contribution in [0.4, 0.5) is 5.69 Å². The Morgan fingerprint density at radius 3 is 2.00 bits per heavy atom. The molecule has 0 bridgehead atoms. The van der Waals surface area contributed by atoms with Gasteiger partial charge in [-0.25, -0.2) is 9.68 Å². The van der Waals surface area contributed by atoms with Crippen molar-refractivity contribution in [1.29, 1.82) is 0 Å². The molecule has 0 radical (unpaired) electrons. The van der Waals surface area contributed by atoms with Gasteiger partial charge in [-0.05, 0) is 103 Å². The van der Waals surface area contributed by atoms with Crippen molar-refractivity contribution in [2.45, 2.75) is 58.2 Å². The van der Waals surface area contributed by atoms with Gasteiger partial charge in [0.25, 0.3) is 0 Å². The minimum absolute atomic E-state index is 0.112. The van der Waals surface area contributed by atoms with Gasteiger partial charge in [0.05, 0.1) is 22.4 Å². The van der Waals surface area contributed by atoms with Gasteiger partial charge < -0.3 is 4.57 Å². The number of hydrogen-bond donors (Lipinski definition) is 0. The van der Waals surface area contributed by atoms with Gasteiger partial charge in [-0.3, -0.25) is 0 Å². The van der Waals surface area contributed by atoms with Crippen LogP contribution in [0, 0.1) is 0 Å². The van der Waals surface area contributed by atoms with E-state index in [-0.39, 0.29) is 5.41 Å². The molecule has 1 aliphatic carbocycles. The van der Waals surface area contributed by atoms with Crippen molar-refractivity contribution in [3.63, 3.8) is 0 Å². The lowest BCUT2D eigenvalue weighted by Crippen LogP contribution is -2.41. The number of hydrogen-bond acceptors (Lipinski definition) is 3. The SMILES string of the molecule is CC1(C)c2ccccc2-c2cc3c4ccccc4n(-c4cc(N5OC(C)(C)C(C)(C)O5)ccc4-c4ccc5ccccc5c4)c3cc21. The maximum absolute atomic E-state index is 6.43. The molecule has 1 aromatic heterocycles. The fourth-order valence-corrected chi connectivity index (χ4v) is 7.60. The summed E-state index contributed by atoms with van der Waals surface area (Å²) < 4.78 is 2.45. The van der Waals surface area contributed by atoms with E-state index in [0.717, 1.165) is 22.5 Å². The van der Waals surface area contributed by atoms with Crippen LogP contribution in [0.1, 0.15) is 52.7 Å². The molecular weight excluding hydrogens is 576 g/mol. The second kappa shape index (κ2) is 9.57. The molecule has 4 nitrogen and oxygen atoms in total. The van der Waals surface area contributed by atoms with Crippen molar-refractivity contribution in [3.05, 3.63) is 132 Å². The maximum Gasteiger partial charge on any atom is 0.124 e. The van der Waals surface area contributed by atoms with Crippen molar-refractivity contribution in [2.75, 3.05) is 5.23 Å². The fourth-order valence-electron chi connectivity index (χ4n) is 7.60. The Labute approximate surface area is 275 Å². The van der Waals surface area contributed by atoms with Gasteiger partial charge >= 0.3 is 0 Å². The van der Waals surface area contributed by atoms with Crippen molar-refractivity contribution in [3.8, 4) is 27.9 Å². The van der Waals surface area contributed by atoms with Crippen LogP contribution in [0.5, 0.6) is 0 Å². The molecule has 0 unspecified atom stereocenters. The Balaban J connectivity index is 1.35. The van der Waals surface area contributed by atoms with Crippen LogP contribution in [-0.2, 0) is 15.1 Å². The molecule has 0 N–H and O–H groups in total. The molecule has 1 aliphatic heterocycles. The molecule has 1 fully saturated rings. The Morgan fingerprint density at radius 1 is 0.489 bits per heavy atom. The smallest absolute Gasteiger partial charge is 0.124 e. The highest BCUT2D eigenvalue weighted by atomic mass is 17.0. The van der Waals surface area contributed by atoms with E-state index >= 15 is 0 Å². The number of fused-ring (bicyclic) bond motifs is 7. The Hall–Kier alpha value is -4.90. The third kappa shape index (κ3) is 4.01. The van der Waals surface area contributed by atoms with Crippen LogP contribution in [0.25, 0.3) is 60.5 Å². The first-order valence-corrected chi connectivity index (χ1v) is 16.5. The summed E-state index contributed by atoms with van der Waals surface area (Å²) in [6.07, 6.45) is 0.